The van der Waals surface area contributed by atoms with E-state index >= 15 is 0 Å². The molecular formula is C20H17N7. The van der Waals surface area contributed by atoms with E-state index in [2.05, 4.69) is 10.1 Å². The summed E-state index contributed by atoms with van der Waals surface area (Å²) < 4.78 is 0. The second kappa shape index (κ2) is 5.93. The van der Waals surface area contributed by atoms with Crippen LogP contribution in [0.5, 0.6) is 0 Å². The highest BCUT2D eigenvalue weighted by atomic mass is 15.7. The number of hydrogen-bond donors (Lipinski definition) is 1. The molecule has 0 aromatic heterocycles. The van der Waals surface area contributed by atoms with Gasteiger partial charge >= 0.3 is 0 Å². The van der Waals surface area contributed by atoms with Gasteiger partial charge in [0.2, 0.25) is 0 Å². The van der Waals surface area contributed by atoms with Gasteiger partial charge in [0, 0.05) is 16.8 Å². The predicted molar refractivity (Wildman–Crippen MR) is 107 cm³/mol. The molecule has 2 N–H and O–H groups in total. The minimum Gasteiger partial charge on any atom is -0.243 e. The number of nitrogens with zero attached hydrogens (tertiary/aromatic N) is 6. The van der Waals surface area contributed by atoms with E-state index in [1.807, 2.05) is 79.9 Å². The number of benzene rings is 2. The van der Waals surface area contributed by atoms with Gasteiger partial charge in [-0.1, -0.05) is 60.7 Å². The number of guanidine groups is 2. The molecule has 0 amide bonds. The first-order valence-electron chi connectivity index (χ1n) is 8.62. The third kappa shape index (κ3) is 2.52. The van der Waals surface area contributed by atoms with Crippen LogP contribution in [0.4, 0.5) is 0 Å². The molecule has 0 unspecified atom stereocenters. The summed E-state index contributed by atoms with van der Waals surface area (Å²) in [6.07, 6.45) is 3.86. The number of hydrazine groups is 1. The van der Waals surface area contributed by atoms with Crippen molar-refractivity contribution in [3.05, 3.63) is 84.1 Å². The zero-order chi connectivity index (χ0) is 18.4. The summed E-state index contributed by atoms with van der Waals surface area (Å²) in [4.78, 5) is 4.54. The summed E-state index contributed by atoms with van der Waals surface area (Å²) in [5.74, 6) is 7.37. The molecule has 132 valence electrons. The lowest BCUT2D eigenvalue weighted by molar-refractivity contribution is 0.449. The van der Waals surface area contributed by atoms with Gasteiger partial charge in [0.15, 0.2) is 0 Å². The molecule has 0 fully saturated rings. The molecule has 2 aromatic rings. The van der Waals surface area contributed by atoms with Gasteiger partial charge in [0.25, 0.3) is 11.9 Å². The SMILES string of the molecule is CC1=NC2=NN3C=C(c4ccccc4)N(N)C3=NN2C(c2ccccc2)=C1. The van der Waals surface area contributed by atoms with E-state index in [1.54, 1.807) is 15.0 Å². The highest BCUT2D eigenvalue weighted by Gasteiger charge is 2.35. The Labute approximate surface area is 156 Å². The maximum absolute atomic E-state index is 6.34. The molecule has 2 aromatic carbocycles. The van der Waals surface area contributed by atoms with Gasteiger partial charge in [-0.25, -0.2) is 15.8 Å². The monoisotopic (exact) mass is 355 g/mol. The average molecular weight is 355 g/mol. The van der Waals surface area contributed by atoms with Crippen LogP contribution >= 0.6 is 0 Å². The summed E-state index contributed by atoms with van der Waals surface area (Å²) in [5.41, 5.74) is 4.64. The predicted octanol–water partition coefficient (Wildman–Crippen LogP) is 2.85. The zero-order valence-corrected chi connectivity index (χ0v) is 14.7. The van der Waals surface area contributed by atoms with Gasteiger partial charge < -0.3 is 0 Å². The van der Waals surface area contributed by atoms with Crippen LogP contribution in [0, 0.1) is 0 Å². The molecule has 0 aliphatic carbocycles. The van der Waals surface area contributed by atoms with E-state index in [9.17, 15) is 0 Å². The Kier molecular flexibility index (Phi) is 3.41. The number of fused-ring (bicyclic) bond motifs is 2. The number of hydrogen-bond acceptors (Lipinski definition) is 7. The van der Waals surface area contributed by atoms with Crippen molar-refractivity contribution in [2.45, 2.75) is 6.92 Å². The van der Waals surface area contributed by atoms with Gasteiger partial charge in [-0.15, -0.1) is 10.2 Å². The van der Waals surface area contributed by atoms with Crippen molar-refractivity contribution in [3.63, 3.8) is 0 Å². The molecular weight excluding hydrogens is 338 g/mol. The number of nitrogens with two attached hydrogens (primary N) is 1. The van der Waals surface area contributed by atoms with Gasteiger partial charge in [-0.05, 0) is 13.0 Å². The Balaban J connectivity index is 1.57. The molecule has 0 atom stereocenters. The van der Waals surface area contributed by atoms with Crippen molar-refractivity contribution in [2.75, 3.05) is 0 Å². The van der Waals surface area contributed by atoms with Crippen molar-refractivity contribution < 1.29 is 0 Å². The van der Waals surface area contributed by atoms with E-state index in [1.165, 1.54) is 0 Å². The molecule has 3 aliphatic heterocycles. The Morgan fingerprint density at radius 1 is 0.815 bits per heavy atom. The van der Waals surface area contributed by atoms with Crippen molar-refractivity contribution >= 4 is 29.0 Å². The lowest BCUT2D eigenvalue weighted by Crippen LogP contribution is -2.44. The first-order chi connectivity index (χ1) is 13.2. The summed E-state index contributed by atoms with van der Waals surface area (Å²) >= 11 is 0. The van der Waals surface area contributed by atoms with Gasteiger partial charge in [-0.2, -0.15) is 10.0 Å². The number of aliphatic imine (C=N–C) groups is 1. The molecule has 7 nitrogen and oxygen atoms in total. The fourth-order valence-electron chi connectivity index (χ4n) is 3.21. The molecule has 0 saturated carbocycles. The van der Waals surface area contributed by atoms with E-state index < -0.39 is 0 Å². The van der Waals surface area contributed by atoms with Crippen LogP contribution in [0.3, 0.4) is 0 Å². The van der Waals surface area contributed by atoms with Gasteiger partial charge in [0.05, 0.1) is 17.6 Å². The molecule has 3 heterocycles. The number of allylic oxidation sites excluding steroid dienone is 1. The summed E-state index contributed by atoms with van der Waals surface area (Å²) in [6, 6.07) is 20.0. The minimum atomic E-state index is 0.511. The molecule has 0 saturated heterocycles. The smallest absolute Gasteiger partial charge is 0.243 e. The highest BCUT2D eigenvalue weighted by Crippen LogP contribution is 2.31. The first-order valence-corrected chi connectivity index (χ1v) is 8.62. The molecule has 27 heavy (non-hydrogen) atoms. The summed E-state index contributed by atoms with van der Waals surface area (Å²) in [5, 5.41) is 14.3. The van der Waals surface area contributed by atoms with Crippen LogP contribution in [0.25, 0.3) is 11.4 Å². The van der Waals surface area contributed by atoms with Crippen LogP contribution in [-0.2, 0) is 0 Å². The van der Waals surface area contributed by atoms with Crippen molar-refractivity contribution in [3.8, 4) is 0 Å². The zero-order valence-electron chi connectivity index (χ0n) is 14.7. The fourth-order valence-corrected chi connectivity index (χ4v) is 3.21. The van der Waals surface area contributed by atoms with Crippen LogP contribution in [0.1, 0.15) is 18.1 Å². The van der Waals surface area contributed by atoms with Crippen LogP contribution < -0.4 is 5.84 Å². The molecule has 7 heteroatoms. The summed E-state index contributed by atoms with van der Waals surface area (Å²) in [7, 11) is 0. The Morgan fingerprint density at radius 2 is 1.44 bits per heavy atom. The van der Waals surface area contributed by atoms with Gasteiger partial charge in [0.1, 0.15) is 0 Å². The van der Waals surface area contributed by atoms with Crippen molar-refractivity contribution in [2.24, 2.45) is 21.0 Å². The van der Waals surface area contributed by atoms with E-state index in [0.717, 1.165) is 28.2 Å². The topological polar surface area (TPSA) is 72.8 Å². The molecule has 5 rings (SSSR count). The third-order valence-electron chi connectivity index (χ3n) is 4.49. The Hall–Kier alpha value is -3.71. The first kappa shape index (κ1) is 15.5. The second-order valence-corrected chi connectivity index (χ2v) is 6.36. The lowest BCUT2D eigenvalue weighted by atomic mass is 10.1. The summed E-state index contributed by atoms with van der Waals surface area (Å²) in [6.45, 7) is 1.95. The minimum absolute atomic E-state index is 0.511. The van der Waals surface area contributed by atoms with Gasteiger partial charge in [-0.3, -0.25) is 0 Å². The second-order valence-electron chi connectivity index (χ2n) is 6.36. The highest BCUT2D eigenvalue weighted by molar-refractivity contribution is 6.13. The fraction of sp³-hybridized carbons (Fsp3) is 0.0500. The van der Waals surface area contributed by atoms with E-state index in [4.69, 9.17) is 10.9 Å². The number of hydrazone groups is 2. The molecule has 0 spiro atoms. The molecule has 0 bridgehead atoms. The Bertz CT molecular complexity index is 1050. The molecule has 0 radical (unpaired) electrons. The lowest BCUT2D eigenvalue weighted by Gasteiger charge is -2.31. The maximum atomic E-state index is 6.34. The quantitative estimate of drug-likeness (QED) is 0.841. The third-order valence-corrected chi connectivity index (χ3v) is 4.49. The average Bonchev–Trinajstić information content (AvgIpc) is 3.03. The van der Waals surface area contributed by atoms with Crippen molar-refractivity contribution in [1.82, 2.24) is 15.0 Å². The maximum Gasteiger partial charge on any atom is 0.269 e. The molecule has 3 aliphatic rings. The normalized spacial score (nSPS) is 18.1. The Morgan fingerprint density at radius 3 is 2.11 bits per heavy atom. The number of rotatable bonds is 2. The largest absolute Gasteiger partial charge is 0.269 e. The van der Waals surface area contributed by atoms with Crippen LogP contribution in [0.2, 0.25) is 0 Å². The van der Waals surface area contributed by atoms with Crippen LogP contribution in [0.15, 0.2) is 88.1 Å². The van der Waals surface area contributed by atoms with E-state index in [0.29, 0.717) is 11.9 Å². The van der Waals surface area contributed by atoms with E-state index in [-0.39, 0.29) is 0 Å². The van der Waals surface area contributed by atoms with Crippen LogP contribution in [-0.4, -0.2) is 32.7 Å². The van der Waals surface area contributed by atoms with Crippen molar-refractivity contribution in [1.29, 1.82) is 0 Å². The standard InChI is InChI=1S/C20H17N7/c1-14-12-17(15-8-4-2-5-9-15)27-19(22-14)23-25-13-18(26(21)20(25)24-27)16-10-6-3-7-11-16/h2-13H,21H2,1H3.